The van der Waals surface area contributed by atoms with Gasteiger partial charge in [0.15, 0.2) is 5.82 Å². The number of H-pyrrole nitrogens is 1. The van der Waals surface area contributed by atoms with Crippen LogP contribution in [0, 0.1) is 0 Å². The molecule has 0 unspecified atom stereocenters. The van der Waals surface area contributed by atoms with Crippen LogP contribution < -0.4 is 5.32 Å². The fourth-order valence-electron chi connectivity index (χ4n) is 3.21. The summed E-state index contributed by atoms with van der Waals surface area (Å²) in [5.74, 6) is 1.52. The van der Waals surface area contributed by atoms with Gasteiger partial charge in [-0.2, -0.15) is 5.10 Å². The number of nitrogens with one attached hydrogen (secondary N) is 2. The van der Waals surface area contributed by atoms with E-state index in [4.69, 9.17) is 0 Å². The van der Waals surface area contributed by atoms with Gasteiger partial charge >= 0.3 is 0 Å². The van der Waals surface area contributed by atoms with Crippen LogP contribution in [0.1, 0.15) is 24.3 Å². The van der Waals surface area contributed by atoms with Crippen LogP contribution in [-0.2, 0) is 0 Å². The van der Waals surface area contributed by atoms with Gasteiger partial charge in [-0.15, -0.1) is 0 Å². The van der Waals surface area contributed by atoms with Crippen molar-refractivity contribution >= 4 is 33.3 Å². The number of aromatic amines is 1. The van der Waals surface area contributed by atoms with E-state index in [1.54, 1.807) is 6.20 Å². The van der Waals surface area contributed by atoms with E-state index in [1.165, 1.54) is 29.2 Å². The third kappa shape index (κ3) is 2.14. The topological polar surface area (TPSA) is 53.6 Å². The first-order valence-electron chi connectivity index (χ1n) is 7.97. The molecule has 0 bridgehead atoms. The highest BCUT2D eigenvalue weighted by Gasteiger charge is 2.24. The molecule has 1 aliphatic rings. The van der Waals surface area contributed by atoms with Gasteiger partial charge in [-0.3, -0.25) is 10.1 Å². The summed E-state index contributed by atoms with van der Waals surface area (Å²) in [7, 11) is 0. The van der Waals surface area contributed by atoms with Gasteiger partial charge in [0.2, 0.25) is 0 Å². The number of pyridine rings is 1. The number of benzene rings is 2. The number of hydrogen-bond acceptors (Lipinski definition) is 3. The van der Waals surface area contributed by atoms with Crippen molar-refractivity contribution in [2.75, 3.05) is 5.32 Å². The van der Waals surface area contributed by atoms with Crippen LogP contribution in [0.5, 0.6) is 0 Å². The normalized spacial score (nSPS) is 14.4. The van der Waals surface area contributed by atoms with Crippen molar-refractivity contribution < 1.29 is 0 Å². The quantitative estimate of drug-likeness (QED) is 0.575. The van der Waals surface area contributed by atoms with Gasteiger partial charge in [-0.05, 0) is 59.4 Å². The molecule has 4 aromatic rings. The Labute approximate surface area is 133 Å². The molecule has 23 heavy (non-hydrogen) atoms. The number of fused-ring (bicyclic) bond motifs is 2. The molecule has 0 aliphatic heterocycles. The summed E-state index contributed by atoms with van der Waals surface area (Å²) < 4.78 is 0. The molecule has 5 rings (SSSR count). The van der Waals surface area contributed by atoms with Crippen LogP contribution in [0.4, 0.5) is 11.5 Å². The molecule has 1 saturated carbocycles. The van der Waals surface area contributed by atoms with Crippen molar-refractivity contribution in [1.82, 2.24) is 15.2 Å². The lowest BCUT2D eigenvalue weighted by Crippen LogP contribution is -1.92. The van der Waals surface area contributed by atoms with Gasteiger partial charge in [-0.1, -0.05) is 24.3 Å². The van der Waals surface area contributed by atoms with Gasteiger partial charge in [0.1, 0.15) is 5.52 Å². The molecule has 2 aromatic heterocycles. The molecule has 2 heterocycles. The Morgan fingerprint density at radius 1 is 1.04 bits per heavy atom. The Morgan fingerprint density at radius 2 is 2.00 bits per heavy atom. The van der Waals surface area contributed by atoms with Crippen molar-refractivity contribution in [2.45, 2.75) is 18.8 Å². The van der Waals surface area contributed by atoms with Gasteiger partial charge in [-0.25, -0.2) is 0 Å². The number of rotatable bonds is 3. The second-order valence-electron chi connectivity index (χ2n) is 6.15. The van der Waals surface area contributed by atoms with Crippen molar-refractivity contribution in [3.8, 4) is 0 Å². The summed E-state index contributed by atoms with van der Waals surface area (Å²) in [6, 6.07) is 17.0. The first-order chi connectivity index (χ1) is 11.4. The number of hydrogen-bond donors (Lipinski definition) is 2. The Kier molecular flexibility index (Phi) is 2.65. The highest BCUT2D eigenvalue weighted by molar-refractivity contribution is 5.92. The van der Waals surface area contributed by atoms with Gasteiger partial charge in [0.25, 0.3) is 0 Å². The molecule has 1 aliphatic carbocycles. The summed E-state index contributed by atoms with van der Waals surface area (Å²) in [6.45, 7) is 0. The Balaban J connectivity index is 1.56. The standard InChI is InChI=1S/C19H16N4/c1-3-13-11-14(8-9-16(13)15(4-1)12-6-7-12)21-19-18-17(22-23-19)5-2-10-20-18/h1-5,8-12H,6-7H2,(H2,21,22,23). The molecule has 2 N–H and O–H groups in total. The molecule has 112 valence electrons. The highest BCUT2D eigenvalue weighted by Crippen LogP contribution is 2.43. The second kappa shape index (κ2) is 4.81. The molecule has 2 aromatic carbocycles. The SMILES string of the molecule is c1cc(C2CC2)c2ccc(Nc3n[nH]c4cccnc34)cc2c1. The van der Waals surface area contributed by atoms with E-state index >= 15 is 0 Å². The maximum Gasteiger partial charge on any atom is 0.178 e. The van der Waals surface area contributed by atoms with Crippen LogP contribution in [0.2, 0.25) is 0 Å². The average molecular weight is 300 g/mol. The minimum Gasteiger partial charge on any atom is -0.337 e. The molecule has 1 fully saturated rings. The molecule has 0 radical (unpaired) electrons. The van der Waals surface area contributed by atoms with E-state index in [1.807, 2.05) is 12.1 Å². The maximum absolute atomic E-state index is 4.39. The third-order valence-corrected chi connectivity index (χ3v) is 4.51. The minimum absolute atomic E-state index is 0.761. The van der Waals surface area contributed by atoms with Crippen LogP contribution in [0.15, 0.2) is 54.7 Å². The summed E-state index contributed by atoms with van der Waals surface area (Å²) in [5.41, 5.74) is 4.32. The number of nitrogens with zero attached hydrogens (tertiary/aromatic N) is 2. The van der Waals surface area contributed by atoms with Crippen LogP contribution in [0.3, 0.4) is 0 Å². The summed E-state index contributed by atoms with van der Waals surface area (Å²) in [4.78, 5) is 4.39. The molecule has 4 heteroatoms. The van der Waals surface area contributed by atoms with Crippen molar-refractivity contribution in [3.05, 3.63) is 60.3 Å². The number of aromatic nitrogens is 3. The fourth-order valence-corrected chi connectivity index (χ4v) is 3.21. The predicted octanol–water partition coefficient (Wildman–Crippen LogP) is 4.73. The van der Waals surface area contributed by atoms with Crippen LogP contribution in [-0.4, -0.2) is 15.2 Å². The van der Waals surface area contributed by atoms with E-state index in [0.29, 0.717) is 0 Å². The van der Waals surface area contributed by atoms with Crippen LogP contribution >= 0.6 is 0 Å². The first kappa shape index (κ1) is 12.6. The van der Waals surface area contributed by atoms with E-state index in [2.05, 4.69) is 56.9 Å². The molecule has 4 nitrogen and oxygen atoms in total. The Hall–Kier alpha value is -2.88. The molecule has 0 atom stereocenters. The lowest BCUT2D eigenvalue weighted by Gasteiger charge is -2.08. The van der Waals surface area contributed by atoms with Crippen LogP contribution in [0.25, 0.3) is 21.8 Å². The van der Waals surface area contributed by atoms with Crippen molar-refractivity contribution in [3.63, 3.8) is 0 Å². The zero-order valence-electron chi connectivity index (χ0n) is 12.6. The molecular formula is C19H16N4. The average Bonchev–Trinajstić information content (AvgIpc) is 3.36. The first-order valence-corrected chi connectivity index (χ1v) is 7.97. The molecular weight excluding hydrogens is 284 g/mol. The summed E-state index contributed by atoms with van der Waals surface area (Å²) in [6.07, 6.45) is 4.43. The minimum atomic E-state index is 0.761. The maximum atomic E-state index is 4.39. The molecule has 0 amide bonds. The van der Waals surface area contributed by atoms with Gasteiger partial charge in [0, 0.05) is 11.9 Å². The van der Waals surface area contributed by atoms with E-state index in [-0.39, 0.29) is 0 Å². The predicted molar refractivity (Wildman–Crippen MR) is 93.1 cm³/mol. The summed E-state index contributed by atoms with van der Waals surface area (Å²) in [5, 5.41) is 13.3. The Bertz CT molecular complexity index is 1010. The largest absolute Gasteiger partial charge is 0.337 e. The Morgan fingerprint density at radius 3 is 2.91 bits per heavy atom. The van der Waals surface area contributed by atoms with Crippen molar-refractivity contribution in [2.24, 2.45) is 0 Å². The molecule has 0 saturated heterocycles. The van der Waals surface area contributed by atoms with Crippen molar-refractivity contribution in [1.29, 1.82) is 0 Å². The highest BCUT2D eigenvalue weighted by atomic mass is 15.2. The zero-order chi connectivity index (χ0) is 15.2. The van der Waals surface area contributed by atoms with Gasteiger partial charge in [0.05, 0.1) is 5.52 Å². The lowest BCUT2D eigenvalue weighted by atomic mass is 10.0. The molecule has 0 spiro atoms. The fraction of sp³-hybridized carbons (Fsp3) is 0.158. The van der Waals surface area contributed by atoms with Gasteiger partial charge < -0.3 is 5.32 Å². The number of anilines is 2. The second-order valence-corrected chi connectivity index (χ2v) is 6.15. The zero-order valence-corrected chi connectivity index (χ0v) is 12.6. The lowest BCUT2D eigenvalue weighted by molar-refractivity contribution is 1.12. The third-order valence-electron chi connectivity index (χ3n) is 4.51. The summed E-state index contributed by atoms with van der Waals surface area (Å²) >= 11 is 0. The monoisotopic (exact) mass is 300 g/mol. The smallest absolute Gasteiger partial charge is 0.178 e. The van der Waals surface area contributed by atoms with E-state index in [0.717, 1.165) is 28.5 Å². The van der Waals surface area contributed by atoms with E-state index in [9.17, 15) is 0 Å². The van der Waals surface area contributed by atoms with E-state index < -0.39 is 0 Å².